The second-order valence-electron chi connectivity index (χ2n) is 10.0. The lowest BCUT2D eigenvalue weighted by Gasteiger charge is -2.28. The van der Waals surface area contributed by atoms with Crippen molar-refractivity contribution < 1.29 is 23.8 Å². The highest BCUT2D eigenvalue weighted by atomic mass is 16.6. The van der Waals surface area contributed by atoms with Gasteiger partial charge in [0.25, 0.3) is 0 Å². The number of anilines is 2. The summed E-state index contributed by atoms with van der Waals surface area (Å²) in [6.45, 7) is 3.40. The molecule has 212 valence electrons. The number of aryl methyl sites for hydroxylation is 2. The molecule has 0 saturated carbocycles. The van der Waals surface area contributed by atoms with Crippen LogP contribution >= 0.6 is 0 Å². The Kier molecular flexibility index (Phi) is 8.18. The van der Waals surface area contributed by atoms with Gasteiger partial charge in [0.2, 0.25) is 5.60 Å². The predicted molar refractivity (Wildman–Crippen MR) is 156 cm³/mol. The Morgan fingerprint density at radius 1 is 0.976 bits per heavy atom. The number of carbonyl (C=O) groups is 2. The average molecular weight is 564 g/mol. The molecule has 1 aliphatic heterocycles. The van der Waals surface area contributed by atoms with E-state index in [2.05, 4.69) is 16.2 Å². The van der Waals surface area contributed by atoms with Gasteiger partial charge in [0.05, 0.1) is 11.1 Å². The van der Waals surface area contributed by atoms with Gasteiger partial charge in [-0.05, 0) is 56.3 Å². The van der Waals surface area contributed by atoms with Gasteiger partial charge >= 0.3 is 17.6 Å². The van der Waals surface area contributed by atoms with E-state index in [0.29, 0.717) is 16.9 Å². The van der Waals surface area contributed by atoms with Crippen molar-refractivity contribution >= 4 is 23.4 Å². The number of aromatic nitrogens is 2. The Balaban J connectivity index is 1.40. The van der Waals surface area contributed by atoms with Crippen LogP contribution in [0.2, 0.25) is 0 Å². The van der Waals surface area contributed by atoms with E-state index in [1.807, 2.05) is 44.2 Å². The Hall–Kier alpha value is -5.20. The lowest BCUT2D eigenvalue weighted by molar-refractivity contribution is -0.0984. The van der Waals surface area contributed by atoms with Gasteiger partial charge in [-0.15, -0.1) is 6.42 Å². The number of benzene rings is 3. The second kappa shape index (κ2) is 12.1. The molecule has 1 aromatic heterocycles. The molecule has 0 bridgehead atoms. The van der Waals surface area contributed by atoms with Crippen molar-refractivity contribution in [3.63, 3.8) is 0 Å². The molecule has 3 aromatic carbocycles. The van der Waals surface area contributed by atoms with Crippen molar-refractivity contribution in [1.82, 2.24) is 9.55 Å². The molecule has 0 unspecified atom stereocenters. The highest BCUT2D eigenvalue weighted by molar-refractivity contribution is 5.90. The van der Waals surface area contributed by atoms with Crippen molar-refractivity contribution in [3.05, 3.63) is 124 Å². The number of nitrogens with one attached hydrogen (secondary N) is 1. The SMILES string of the molecule is C#C[C@@]1(COC(=O)c2ccc(C)cc2)O[C@H](n2ccc(Nc3ccccc3)nc2=O)C[C@H]1OC(=O)c1ccc(C)cc1. The van der Waals surface area contributed by atoms with Crippen molar-refractivity contribution in [2.75, 3.05) is 11.9 Å². The minimum Gasteiger partial charge on any atom is -0.458 e. The molecule has 9 heteroatoms. The first-order valence-electron chi connectivity index (χ1n) is 13.3. The fourth-order valence-corrected chi connectivity index (χ4v) is 4.55. The predicted octanol–water partition coefficient (Wildman–Crippen LogP) is 4.98. The first-order valence-corrected chi connectivity index (χ1v) is 13.3. The van der Waals surface area contributed by atoms with Gasteiger partial charge in [0.1, 0.15) is 18.7 Å². The molecule has 2 heterocycles. The van der Waals surface area contributed by atoms with Gasteiger partial charge < -0.3 is 19.5 Å². The van der Waals surface area contributed by atoms with E-state index >= 15 is 0 Å². The summed E-state index contributed by atoms with van der Waals surface area (Å²) in [6.07, 6.45) is 5.52. The van der Waals surface area contributed by atoms with Crippen LogP contribution < -0.4 is 11.0 Å². The molecule has 0 spiro atoms. The summed E-state index contributed by atoms with van der Waals surface area (Å²) in [5.41, 5.74) is 1.12. The van der Waals surface area contributed by atoms with Gasteiger partial charge in [-0.1, -0.05) is 59.5 Å². The van der Waals surface area contributed by atoms with E-state index in [0.717, 1.165) is 16.8 Å². The van der Waals surface area contributed by atoms with Gasteiger partial charge in [-0.25, -0.2) is 14.4 Å². The third-order valence-electron chi connectivity index (χ3n) is 6.95. The van der Waals surface area contributed by atoms with Crippen molar-refractivity contribution in [3.8, 4) is 12.3 Å². The quantitative estimate of drug-likeness (QED) is 0.236. The lowest BCUT2D eigenvalue weighted by Crippen LogP contribution is -2.45. The van der Waals surface area contributed by atoms with E-state index in [1.54, 1.807) is 54.6 Å². The molecule has 0 aliphatic carbocycles. The lowest BCUT2D eigenvalue weighted by atomic mass is 9.98. The molecule has 5 rings (SSSR count). The molecule has 1 fully saturated rings. The number of ether oxygens (including phenoxy) is 3. The van der Waals surface area contributed by atoms with Gasteiger partial charge in [-0.3, -0.25) is 4.57 Å². The van der Waals surface area contributed by atoms with Crippen LogP contribution in [0.4, 0.5) is 11.5 Å². The summed E-state index contributed by atoms with van der Waals surface area (Å²) in [7, 11) is 0. The van der Waals surface area contributed by atoms with Crippen molar-refractivity contribution in [2.24, 2.45) is 0 Å². The highest BCUT2D eigenvalue weighted by Crippen LogP contribution is 2.39. The van der Waals surface area contributed by atoms with Gasteiger partial charge in [-0.2, -0.15) is 4.98 Å². The number of esters is 2. The first-order chi connectivity index (χ1) is 20.3. The molecule has 4 aromatic rings. The van der Waals surface area contributed by atoms with Crippen LogP contribution in [0.25, 0.3) is 0 Å². The van der Waals surface area contributed by atoms with Crippen molar-refractivity contribution in [2.45, 2.75) is 38.2 Å². The minimum atomic E-state index is -1.66. The molecular formula is C33H29N3O6. The van der Waals surface area contributed by atoms with Crippen LogP contribution in [0.3, 0.4) is 0 Å². The monoisotopic (exact) mass is 563 g/mol. The smallest absolute Gasteiger partial charge is 0.351 e. The Bertz CT molecular complexity index is 1680. The molecular weight excluding hydrogens is 534 g/mol. The summed E-state index contributed by atoms with van der Waals surface area (Å²) in [5.74, 6) is 1.65. The third-order valence-corrected chi connectivity index (χ3v) is 6.95. The van der Waals surface area contributed by atoms with Crippen LogP contribution in [0.1, 0.15) is 44.5 Å². The van der Waals surface area contributed by atoms with Crippen LogP contribution in [0, 0.1) is 26.2 Å². The zero-order chi connectivity index (χ0) is 29.7. The molecule has 9 nitrogen and oxygen atoms in total. The zero-order valence-electron chi connectivity index (χ0n) is 23.2. The van der Waals surface area contributed by atoms with E-state index in [9.17, 15) is 14.4 Å². The molecule has 0 amide bonds. The van der Waals surface area contributed by atoms with E-state index in [-0.39, 0.29) is 6.42 Å². The van der Waals surface area contributed by atoms with Gasteiger partial charge in [0, 0.05) is 18.3 Å². The number of hydrogen-bond acceptors (Lipinski definition) is 8. The number of terminal acetylenes is 1. The maximum Gasteiger partial charge on any atom is 0.351 e. The number of carbonyl (C=O) groups excluding carboxylic acids is 2. The van der Waals surface area contributed by atoms with E-state index < -0.39 is 42.2 Å². The summed E-state index contributed by atoms with van der Waals surface area (Å²) in [5, 5.41) is 3.07. The van der Waals surface area contributed by atoms with Gasteiger partial charge in [0.15, 0.2) is 6.10 Å². The summed E-state index contributed by atoms with van der Waals surface area (Å²) < 4.78 is 18.9. The molecule has 0 radical (unpaired) electrons. The Morgan fingerprint density at radius 2 is 1.60 bits per heavy atom. The second-order valence-corrected chi connectivity index (χ2v) is 10.0. The van der Waals surface area contributed by atoms with Crippen LogP contribution in [-0.2, 0) is 14.2 Å². The standard InChI is InChI=1S/C33H29N3O6/c1-4-33(21-40-30(37)24-14-10-22(2)11-15-24)27(41-31(38)25-16-12-23(3)13-17-25)20-29(42-33)36-19-18-28(35-32(36)39)34-26-8-6-5-7-9-26/h1,5-19,27,29H,20-21H2,2-3H3,(H,34,35,39)/t27-,29+,33+/m1/s1. The van der Waals surface area contributed by atoms with Crippen molar-refractivity contribution in [1.29, 1.82) is 0 Å². The molecule has 1 aliphatic rings. The molecule has 1 N–H and O–H groups in total. The van der Waals surface area contributed by atoms with Crippen LogP contribution in [-0.4, -0.2) is 39.8 Å². The summed E-state index contributed by atoms with van der Waals surface area (Å²) >= 11 is 0. The number of para-hydroxylation sites is 1. The van der Waals surface area contributed by atoms with Crippen LogP contribution in [0.15, 0.2) is 95.9 Å². The largest absolute Gasteiger partial charge is 0.458 e. The van der Waals surface area contributed by atoms with Crippen LogP contribution in [0.5, 0.6) is 0 Å². The third kappa shape index (κ3) is 6.24. The molecule has 3 atom stereocenters. The average Bonchev–Trinajstić information content (AvgIpc) is 3.35. The maximum atomic E-state index is 13.1. The highest BCUT2D eigenvalue weighted by Gasteiger charge is 2.52. The zero-order valence-corrected chi connectivity index (χ0v) is 23.2. The summed E-state index contributed by atoms with van der Waals surface area (Å²) in [4.78, 5) is 43.1. The topological polar surface area (TPSA) is 109 Å². The van der Waals surface area contributed by atoms with E-state index in [1.165, 1.54) is 10.8 Å². The minimum absolute atomic E-state index is 0.0247. The normalized spacial score (nSPS) is 19.5. The maximum absolute atomic E-state index is 13.1. The number of nitrogens with zero attached hydrogens (tertiary/aromatic N) is 2. The fraction of sp³-hybridized carbons (Fsp3) is 0.212. The molecule has 42 heavy (non-hydrogen) atoms. The Labute approximate surface area is 243 Å². The fourth-order valence-electron chi connectivity index (χ4n) is 4.55. The number of rotatable bonds is 8. The summed E-state index contributed by atoms with van der Waals surface area (Å²) in [6, 6.07) is 24.7. The first kappa shape index (κ1) is 28.3. The Morgan fingerprint density at radius 3 is 2.19 bits per heavy atom. The van der Waals surface area contributed by atoms with E-state index in [4.69, 9.17) is 20.6 Å². The molecule has 1 saturated heterocycles. The number of hydrogen-bond donors (Lipinski definition) is 1.